The third kappa shape index (κ3) is 1.55. The summed E-state index contributed by atoms with van der Waals surface area (Å²) in [6.45, 7) is 4.14. The Kier molecular flexibility index (Phi) is 2.58. The van der Waals surface area contributed by atoms with E-state index in [0.29, 0.717) is 0 Å². The van der Waals surface area contributed by atoms with Crippen molar-refractivity contribution in [2.45, 2.75) is 26.7 Å². The Hall–Kier alpha value is -1.23. The molecule has 14 heavy (non-hydrogen) atoms. The highest BCUT2D eigenvalue weighted by molar-refractivity contribution is 7.08. The van der Waals surface area contributed by atoms with Gasteiger partial charge in [0.25, 0.3) is 0 Å². The molecule has 0 saturated heterocycles. The number of aromatic nitrogens is 4. The van der Waals surface area contributed by atoms with Gasteiger partial charge in [0, 0.05) is 36.8 Å². The molecule has 4 nitrogen and oxygen atoms in total. The van der Waals surface area contributed by atoms with E-state index in [9.17, 15) is 0 Å². The van der Waals surface area contributed by atoms with E-state index in [1.54, 1.807) is 6.20 Å². The Morgan fingerprint density at radius 3 is 2.86 bits per heavy atom. The first kappa shape index (κ1) is 9.33. The van der Waals surface area contributed by atoms with Crippen molar-refractivity contribution in [1.82, 2.24) is 18.9 Å². The average Bonchev–Trinajstić information content (AvgIpc) is 2.85. The van der Waals surface area contributed by atoms with Gasteiger partial charge in [-0.15, -0.1) is 0 Å². The van der Waals surface area contributed by atoms with Crippen LogP contribution in [0.15, 0.2) is 12.4 Å². The van der Waals surface area contributed by atoms with Crippen molar-refractivity contribution in [1.29, 1.82) is 0 Å². The molecular formula is C9H12N4S. The number of hydrogen-bond donors (Lipinski definition) is 0. The lowest BCUT2D eigenvalue weighted by Crippen LogP contribution is -1.98. The van der Waals surface area contributed by atoms with Crippen LogP contribution in [0.3, 0.4) is 0 Å². The predicted octanol–water partition coefficient (Wildman–Crippen LogP) is 1.85. The summed E-state index contributed by atoms with van der Waals surface area (Å²) >= 11 is 1.42. The van der Waals surface area contributed by atoms with Crippen molar-refractivity contribution in [3.05, 3.63) is 24.0 Å². The summed E-state index contributed by atoms with van der Waals surface area (Å²) in [5.74, 6) is 1.93. The molecule has 0 aliphatic heterocycles. The number of imidazole rings is 1. The molecule has 0 amide bonds. The van der Waals surface area contributed by atoms with Crippen molar-refractivity contribution in [2.75, 3.05) is 0 Å². The molecule has 2 aromatic rings. The van der Waals surface area contributed by atoms with E-state index in [0.717, 1.165) is 29.6 Å². The summed E-state index contributed by atoms with van der Waals surface area (Å²) in [6, 6.07) is 0. The van der Waals surface area contributed by atoms with Crippen LogP contribution in [0.2, 0.25) is 0 Å². The van der Waals surface area contributed by atoms with Crippen LogP contribution in [-0.4, -0.2) is 18.9 Å². The number of rotatable bonds is 3. The molecule has 0 radical (unpaired) electrons. The molecule has 0 aromatic carbocycles. The van der Waals surface area contributed by atoms with Crippen molar-refractivity contribution < 1.29 is 0 Å². The minimum absolute atomic E-state index is 0.882. The molecule has 2 heterocycles. The molecule has 74 valence electrons. The topological polar surface area (TPSA) is 43.6 Å². The zero-order valence-electron chi connectivity index (χ0n) is 8.27. The van der Waals surface area contributed by atoms with Crippen molar-refractivity contribution >= 4 is 11.5 Å². The van der Waals surface area contributed by atoms with Gasteiger partial charge in [-0.05, 0) is 0 Å². The summed E-state index contributed by atoms with van der Waals surface area (Å²) in [5, 5.41) is 0.913. The molecule has 2 rings (SSSR count). The van der Waals surface area contributed by atoms with Gasteiger partial charge in [0.05, 0.1) is 0 Å². The third-order valence-corrected chi connectivity index (χ3v) is 2.77. The highest BCUT2D eigenvalue weighted by Crippen LogP contribution is 2.13. The Bertz CT molecular complexity index is 418. The summed E-state index contributed by atoms with van der Waals surface area (Å²) in [7, 11) is 0. The molecule has 0 saturated carbocycles. The molecule has 5 heteroatoms. The van der Waals surface area contributed by atoms with Gasteiger partial charge in [0.2, 0.25) is 5.13 Å². The summed E-state index contributed by atoms with van der Waals surface area (Å²) < 4.78 is 6.24. The van der Waals surface area contributed by atoms with E-state index >= 15 is 0 Å². The first-order valence-corrected chi connectivity index (χ1v) is 5.47. The normalized spacial score (nSPS) is 10.7. The van der Waals surface area contributed by atoms with E-state index in [1.165, 1.54) is 11.5 Å². The minimum atomic E-state index is 0.882. The van der Waals surface area contributed by atoms with E-state index in [-0.39, 0.29) is 0 Å². The lowest BCUT2D eigenvalue weighted by atomic mass is 10.4. The van der Waals surface area contributed by atoms with Crippen LogP contribution in [0.25, 0.3) is 5.13 Å². The van der Waals surface area contributed by atoms with Crippen LogP contribution in [0.4, 0.5) is 0 Å². The largest absolute Gasteiger partial charge is 0.278 e. The molecular weight excluding hydrogens is 196 g/mol. The fraction of sp³-hybridized carbons (Fsp3) is 0.444. The van der Waals surface area contributed by atoms with Crippen molar-refractivity contribution in [3.63, 3.8) is 0 Å². The molecule has 0 fully saturated rings. The van der Waals surface area contributed by atoms with Gasteiger partial charge in [-0.1, -0.05) is 13.8 Å². The van der Waals surface area contributed by atoms with Crippen molar-refractivity contribution in [2.24, 2.45) is 0 Å². The molecule has 0 aliphatic carbocycles. The molecule has 0 atom stereocenters. The molecule has 2 aromatic heterocycles. The zero-order valence-corrected chi connectivity index (χ0v) is 9.08. The summed E-state index contributed by atoms with van der Waals surface area (Å²) in [4.78, 5) is 8.66. The van der Waals surface area contributed by atoms with E-state index in [2.05, 4.69) is 28.2 Å². The van der Waals surface area contributed by atoms with Crippen LogP contribution in [0.5, 0.6) is 0 Å². The van der Waals surface area contributed by atoms with Gasteiger partial charge in [-0.2, -0.15) is 4.37 Å². The standard InChI is InChI=1S/C9H12N4S/c1-3-7-11-9(14-12-7)13-6-5-10-8(13)4-2/h5-6H,3-4H2,1-2H3. The number of aryl methyl sites for hydroxylation is 2. The van der Waals surface area contributed by atoms with Crippen LogP contribution >= 0.6 is 11.5 Å². The second-order valence-corrected chi connectivity index (χ2v) is 3.64. The van der Waals surface area contributed by atoms with E-state index in [1.807, 2.05) is 10.8 Å². The van der Waals surface area contributed by atoms with Crippen LogP contribution in [0.1, 0.15) is 25.5 Å². The van der Waals surface area contributed by atoms with E-state index < -0.39 is 0 Å². The lowest BCUT2D eigenvalue weighted by Gasteiger charge is -1.99. The summed E-state index contributed by atoms with van der Waals surface area (Å²) in [5.41, 5.74) is 0. The maximum atomic E-state index is 4.41. The third-order valence-electron chi connectivity index (χ3n) is 2.01. The minimum Gasteiger partial charge on any atom is -0.278 e. The predicted molar refractivity (Wildman–Crippen MR) is 55.8 cm³/mol. The Balaban J connectivity index is 2.38. The molecule has 0 bridgehead atoms. The van der Waals surface area contributed by atoms with Gasteiger partial charge in [0.15, 0.2) is 0 Å². The highest BCUT2D eigenvalue weighted by Gasteiger charge is 2.07. The monoisotopic (exact) mass is 208 g/mol. The molecule has 0 aliphatic rings. The maximum absolute atomic E-state index is 4.41. The first-order chi connectivity index (χ1) is 6.85. The maximum Gasteiger partial charge on any atom is 0.214 e. The van der Waals surface area contributed by atoms with Crippen molar-refractivity contribution in [3.8, 4) is 5.13 Å². The SMILES string of the molecule is CCc1nsc(-n2ccnc2CC)n1. The highest BCUT2D eigenvalue weighted by atomic mass is 32.1. The molecule has 0 N–H and O–H groups in total. The average molecular weight is 208 g/mol. The second kappa shape index (κ2) is 3.88. The van der Waals surface area contributed by atoms with Gasteiger partial charge in [-0.25, -0.2) is 9.97 Å². The summed E-state index contributed by atoms with van der Waals surface area (Å²) in [6.07, 6.45) is 5.52. The van der Waals surface area contributed by atoms with Crippen LogP contribution in [0, 0.1) is 0 Å². The first-order valence-electron chi connectivity index (χ1n) is 4.70. The molecule has 0 unspecified atom stereocenters. The quantitative estimate of drug-likeness (QED) is 0.773. The molecule has 0 spiro atoms. The zero-order chi connectivity index (χ0) is 9.97. The Morgan fingerprint density at radius 1 is 1.36 bits per heavy atom. The Morgan fingerprint density at radius 2 is 2.21 bits per heavy atom. The van der Waals surface area contributed by atoms with Crippen LogP contribution < -0.4 is 0 Å². The number of hydrogen-bond acceptors (Lipinski definition) is 4. The van der Waals surface area contributed by atoms with E-state index in [4.69, 9.17) is 0 Å². The van der Waals surface area contributed by atoms with Crippen LogP contribution in [-0.2, 0) is 12.8 Å². The van der Waals surface area contributed by atoms with Gasteiger partial charge >= 0.3 is 0 Å². The fourth-order valence-electron chi connectivity index (χ4n) is 1.26. The number of nitrogens with zero attached hydrogens (tertiary/aromatic N) is 4. The fourth-order valence-corrected chi connectivity index (χ4v) is 2.01. The second-order valence-electron chi connectivity index (χ2n) is 2.91. The Labute approximate surface area is 86.8 Å². The van der Waals surface area contributed by atoms with Gasteiger partial charge < -0.3 is 0 Å². The van der Waals surface area contributed by atoms with Gasteiger partial charge in [0.1, 0.15) is 11.6 Å². The van der Waals surface area contributed by atoms with Gasteiger partial charge in [-0.3, -0.25) is 4.57 Å². The smallest absolute Gasteiger partial charge is 0.214 e. The lowest BCUT2D eigenvalue weighted by molar-refractivity contribution is 0.871.